The normalized spacial score (nSPS) is 11.8. The van der Waals surface area contributed by atoms with E-state index in [9.17, 15) is 4.79 Å². The van der Waals surface area contributed by atoms with Crippen LogP contribution in [0.3, 0.4) is 0 Å². The van der Waals surface area contributed by atoms with Crippen LogP contribution >= 0.6 is 0 Å². The molecule has 0 bridgehead atoms. The molecule has 0 radical (unpaired) electrons. The number of carbonyl (C=O) groups is 1. The van der Waals surface area contributed by atoms with Crippen molar-refractivity contribution in [2.24, 2.45) is 0 Å². The van der Waals surface area contributed by atoms with Gasteiger partial charge >= 0.3 is 5.97 Å². The molecule has 4 nitrogen and oxygen atoms in total. The molecule has 0 spiro atoms. The summed E-state index contributed by atoms with van der Waals surface area (Å²) in [5.74, 6) is -0.316. The summed E-state index contributed by atoms with van der Waals surface area (Å²) in [5.41, 5.74) is 1.91. The zero-order chi connectivity index (χ0) is 13.5. The summed E-state index contributed by atoms with van der Waals surface area (Å²) in [6.07, 6.45) is 3.34. The Morgan fingerprint density at radius 3 is 2.68 bits per heavy atom. The fourth-order valence-electron chi connectivity index (χ4n) is 1.82. The lowest BCUT2D eigenvalue weighted by Gasteiger charge is -2.16. The van der Waals surface area contributed by atoms with Crippen molar-refractivity contribution >= 4 is 5.97 Å². The van der Waals surface area contributed by atoms with E-state index in [4.69, 9.17) is 4.74 Å². The second-order valence-electron chi connectivity index (χ2n) is 4.11. The van der Waals surface area contributed by atoms with Crippen molar-refractivity contribution in [3.05, 3.63) is 66.0 Å². The third kappa shape index (κ3) is 3.63. The van der Waals surface area contributed by atoms with Crippen LogP contribution < -0.4 is 5.32 Å². The molecule has 2 rings (SSSR count). The van der Waals surface area contributed by atoms with E-state index >= 15 is 0 Å². The smallest absolute Gasteiger partial charge is 0.327 e. The van der Waals surface area contributed by atoms with E-state index in [0.717, 1.165) is 11.1 Å². The van der Waals surface area contributed by atoms with Gasteiger partial charge in [0.2, 0.25) is 0 Å². The highest BCUT2D eigenvalue weighted by atomic mass is 16.5. The molecule has 0 aliphatic rings. The molecule has 0 saturated heterocycles. The van der Waals surface area contributed by atoms with Gasteiger partial charge in [0, 0.05) is 18.9 Å². The van der Waals surface area contributed by atoms with Crippen LogP contribution in [0.1, 0.15) is 17.2 Å². The van der Waals surface area contributed by atoms with Crippen LogP contribution in [0.2, 0.25) is 0 Å². The maximum absolute atomic E-state index is 11.8. The van der Waals surface area contributed by atoms with E-state index < -0.39 is 6.04 Å². The number of esters is 1. The maximum Gasteiger partial charge on any atom is 0.327 e. The first kappa shape index (κ1) is 13.2. The molecule has 1 heterocycles. The first-order valence-corrected chi connectivity index (χ1v) is 6.06. The van der Waals surface area contributed by atoms with Crippen molar-refractivity contribution in [3.63, 3.8) is 0 Å². The quantitative estimate of drug-likeness (QED) is 0.832. The second-order valence-corrected chi connectivity index (χ2v) is 4.11. The van der Waals surface area contributed by atoms with E-state index in [1.165, 1.54) is 7.11 Å². The molecular weight excluding hydrogens is 240 g/mol. The highest BCUT2D eigenvalue weighted by Gasteiger charge is 2.20. The van der Waals surface area contributed by atoms with Gasteiger partial charge in [0.1, 0.15) is 6.04 Å². The van der Waals surface area contributed by atoms with Gasteiger partial charge in [-0.05, 0) is 17.2 Å². The lowest BCUT2D eigenvalue weighted by molar-refractivity contribution is -0.143. The van der Waals surface area contributed by atoms with Crippen LogP contribution in [0.4, 0.5) is 0 Å². The monoisotopic (exact) mass is 256 g/mol. The van der Waals surface area contributed by atoms with E-state index in [-0.39, 0.29) is 5.97 Å². The first-order chi connectivity index (χ1) is 9.31. The van der Waals surface area contributed by atoms with E-state index in [2.05, 4.69) is 10.3 Å². The Morgan fingerprint density at radius 1 is 1.26 bits per heavy atom. The summed E-state index contributed by atoms with van der Waals surface area (Å²) >= 11 is 0. The molecule has 2 aromatic rings. The fraction of sp³-hybridized carbons (Fsp3) is 0.200. The molecule has 1 atom stereocenters. The standard InChI is InChI=1S/C15H16N2O2/c1-19-15(18)14(13-8-5-9-16-11-13)17-10-12-6-3-2-4-7-12/h2-9,11,14,17H,10H2,1H3/t14-/m0/s1. The third-order valence-electron chi connectivity index (χ3n) is 2.81. The Balaban J connectivity index is 2.09. The maximum atomic E-state index is 11.8. The number of hydrogen-bond donors (Lipinski definition) is 1. The van der Waals surface area contributed by atoms with E-state index in [0.29, 0.717) is 6.54 Å². The van der Waals surface area contributed by atoms with Gasteiger partial charge in [0.05, 0.1) is 7.11 Å². The van der Waals surface area contributed by atoms with Crippen LogP contribution in [0, 0.1) is 0 Å². The second kappa shape index (κ2) is 6.66. The van der Waals surface area contributed by atoms with Crippen LogP contribution in [0.5, 0.6) is 0 Å². The molecule has 0 amide bonds. The highest BCUT2D eigenvalue weighted by Crippen LogP contribution is 2.14. The number of carbonyl (C=O) groups excluding carboxylic acids is 1. The number of rotatable bonds is 5. The minimum absolute atomic E-state index is 0.316. The van der Waals surface area contributed by atoms with Crippen molar-refractivity contribution in [2.75, 3.05) is 7.11 Å². The van der Waals surface area contributed by atoms with Crippen LogP contribution in [-0.4, -0.2) is 18.1 Å². The van der Waals surface area contributed by atoms with E-state index in [1.807, 2.05) is 36.4 Å². The Bertz CT molecular complexity index is 514. The van der Waals surface area contributed by atoms with Crippen LogP contribution in [0.25, 0.3) is 0 Å². The molecule has 0 aliphatic heterocycles. The molecule has 0 saturated carbocycles. The number of ether oxygens (including phenoxy) is 1. The first-order valence-electron chi connectivity index (χ1n) is 6.06. The van der Waals surface area contributed by atoms with Crippen LogP contribution in [0.15, 0.2) is 54.9 Å². The van der Waals surface area contributed by atoms with Crippen molar-refractivity contribution < 1.29 is 9.53 Å². The van der Waals surface area contributed by atoms with Gasteiger partial charge in [-0.25, -0.2) is 4.79 Å². The molecule has 0 fully saturated rings. The number of nitrogens with one attached hydrogen (secondary N) is 1. The number of methoxy groups -OCH3 is 1. The fourth-order valence-corrected chi connectivity index (χ4v) is 1.82. The van der Waals surface area contributed by atoms with Gasteiger partial charge in [-0.3, -0.25) is 10.3 Å². The lowest BCUT2D eigenvalue weighted by atomic mass is 10.1. The third-order valence-corrected chi connectivity index (χ3v) is 2.81. The molecule has 0 aliphatic carbocycles. The van der Waals surface area contributed by atoms with Crippen molar-refractivity contribution in [1.29, 1.82) is 0 Å². The predicted molar refractivity (Wildman–Crippen MR) is 72.3 cm³/mol. The zero-order valence-electron chi connectivity index (χ0n) is 10.7. The van der Waals surface area contributed by atoms with Gasteiger partial charge in [-0.2, -0.15) is 0 Å². The minimum Gasteiger partial charge on any atom is -0.468 e. The molecule has 0 unspecified atom stereocenters. The Hall–Kier alpha value is -2.20. The topological polar surface area (TPSA) is 51.2 Å². The van der Waals surface area contributed by atoms with Gasteiger partial charge in [0.25, 0.3) is 0 Å². The van der Waals surface area contributed by atoms with Gasteiger partial charge < -0.3 is 4.74 Å². The molecule has 1 aromatic heterocycles. The van der Waals surface area contributed by atoms with Crippen LogP contribution in [-0.2, 0) is 16.1 Å². The molecule has 1 N–H and O–H groups in total. The molecule has 1 aromatic carbocycles. The Kier molecular flexibility index (Phi) is 4.64. The molecule has 19 heavy (non-hydrogen) atoms. The van der Waals surface area contributed by atoms with E-state index in [1.54, 1.807) is 18.5 Å². The predicted octanol–water partition coefficient (Wildman–Crippen LogP) is 2.09. The summed E-state index contributed by atoms with van der Waals surface area (Å²) in [7, 11) is 1.38. The number of nitrogens with zero attached hydrogens (tertiary/aromatic N) is 1. The average Bonchev–Trinajstić information content (AvgIpc) is 2.49. The summed E-state index contributed by atoms with van der Waals surface area (Å²) in [6.45, 7) is 0.593. The van der Waals surface area contributed by atoms with Gasteiger partial charge in [-0.15, -0.1) is 0 Å². The van der Waals surface area contributed by atoms with Gasteiger partial charge in [0.15, 0.2) is 0 Å². The number of benzene rings is 1. The SMILES string of the molecule is COC(=O)[C@@H](NCc1ccccc1)c1cccnc1. The summed E-state index contributed by atoms with van der Waals surface area (Å²) in [6, 6.07) is 13.1. The summed E-state index contributed by atoms with van der Waals surface area (Å²) in [4.78, 5) is 15.9. The highest BCUT2D eigenvalue weighted by molar-refractivity contribution is 5.77. The number of aromatic nitrogens is 1. The van der Waals surface area contributed by atoms with Crippen molar-refractivity contribution in [2.45, 2.75) is 12.6 Å². The molecular formula is C15H16N2O2. The Labute approximate surface area is 112 Å². The van der Waals surface area contributed by atoms with Crippen molar-refractivity contribution in [1.82, 2.24) is 10.3 Å². The minimum atomic E-state index is -0.501. The summed E-state index contributed by atoms with van der Waals surface area (Å²) in [5, 5.41) is 3.19. The van der Waals surface area contributed by atoms with Crippen molar-refractivity contribution in [3.8, 4) is 0 Å². The largest absolute Gasteiger partial charge is 0.468 e. The number of hydrogen-bond acceptors (Lipinski definition) is 4. The summed E-state index contributed by atoms with van der Waals surface area (Å²) < 4.78 is 4.83. The zero-order valence-corrected chi connectivity index (χ0v) is 10.7. The lowest BCUT2D eigenvalue weighted by Crippen LogP contribution is -2.29. The molecule has 98 valence electrons. The molecule has 4 heteroatoms. The average molecular weight is 256 g/mol. The number of pyridine rings is 1. The Morgan fingerprint density at radius 2 is 2.05 bits per heavy atom. The van der Waals surface area contributed by atoms with Gasteiger partial charge in [-0.1, -0.05) is 36.4 Å².